The first-order valence-electron chi connectivity index (χ1n) is 8.29. The van der Waals surface area contributed by atoms with E-state index in [1.165, 1.54) is 23.9 Å². The molecule has 0 spiro atoms. The van der Waals surface area contributed by atoms with Gasteiger partial charge in [0, 0.05) is 5.75 Å². The topological polar surface area (TPSA) is 99.4 Å². The van der Waals surface area contributed by atoms with Gasteiger partial charge in [-0.3, -0.25) is 4.79 Å². The van der Waals surface area contributed by atoms with Gasteiger partial charge in [0.2, 0.25) is 5.91 Å². The number of ether oxygens (including phenoxy) is 1. The maximum absolute atomic E-state index is 12.2. The number of nitrogens with zero attached hydrogens (tertiary/aromatic N) is 1. The summed E-state index contributed by atoms with van der Waals surface area (Å²) >= 11 is 1.43. The highest BCUT2D eigenvalue weighted by atomic mass is 32.2. The van der Waals surface area contributed by atoms with Gasteiger partial charge in [-0.25, -0.2) is 4.79 Å². The summed E-state index contributed by atoms with van der Waals surface area (Å²) in [5.74, 6) is -0.0516. The van der Waals surface area contributed by atoms with E-state index in [2.05, 4.69) is 11.4 Å². The molecule has 0 aliphatic carbocycles. The molecule has 0 radical (unpaired) electrons. The number of carboxylic acid groups (broad SMARTS) is 1. The van der Waals surface area contributed by atoms with Gasteiger partial charge < -0.3 is 15.2 Å². The fourth-order valence-electron chi connectivity index (χ4n) is 2.24. The molecule has 0 fully saturated rings. The summed E-state index contributed by atoms with van der Waals surface area (Å²) in [5.41, 5.74) is 2.03. The number of carbonyl (C=O) groups excluding carboxylic acids is 1. The SMILES string of the molecule is CC(C)Oc1ccc(C(=O)O)cc1NC(=O)CSCc1ccc(C#N)cc1. The lowest BCUT2D eigenvalue weighted by atomic mass is 10.2. The number of anilines is 1. The van der Waals surface area contributed by atoms with E-state index in [0.717, 1.165) is 5.56 Å². The normalized spacial score (nSPS) is 10.3. The van der Waals surface area contributed by atoms with Gasteiger partial charge in [0.1, 0.15) is 5.75 Å². The van der Waals surface area contributed by atoms with E-state index in [-0.39, 0.29) is 23.3 Å². The molecule has 0 atom stereocenters. The Morgan fingerprint density at radius 2 is 1.93 bits per heavy atom. The van der Waals surface area contributed by atoms with Crippen molar-refractivity contribution < 1.29 is 19.4 Å². The molecule has 0 unspecified atom stereocenters. The first-order chi connectivity index (χ1) is 12.9. The molecule has 7 heteroatoms. The summed E-state index contributed by atoms with van der Waals surface area (Å²) in [6.45, 7) is 3.70. The molecule has 2 aromatic carbocycles. The quantitative estimate of drug-likeness (QED) is 0.716. The zero-order valence-electron chi connectivity index (χ0n) is 15.1. The summed E-state index contributed by atoms with van der Waals surface area (Å²) in [7, 11) is 0. The van der Waals surface area contributed by atoms with E-state index >= 15 is 0 Å². The van der Waals surface area contributed by atoms with Crippen LogP contribution in [0.15, 0.2) is 42.5 Å². The Hall–Kier alpha value is -2.98. The summed E-state index contributed by atoms with van der Waals surface area (Å²) in [6.07, 6.45) is -0.109. The Bertz CT molecular complexity index is 857. The van der Waals surface area contributed by atoms with Crippen LogP contribution in [0.4, 0.5) is 5.69 Å². The Morgan fingerprint density at radius 3 is 2.52 bits per heavy atom. The van der Waals surface area contributed by atoms with Gasteiger partial charge in [-0.2, -0.15) is 5.26 Å². The van der Waals surface area contributed by atoms with Crippen molar-refractivity contribution in [1.82, 2.24) is 0 Å². The van der Waals surface area contributed by atoms with Gasteiger partial charge >= 0.3 is 5.97 Å². The highest BCUT2D eigenvalue weighted by Gasteiger charge is 2.13. The van der Waals surface area contributed by atoms with Crippen LogP contribution in [0.3, 0.4) is 0 Å². The second kappa shape index (κ2) is 9.64. The molecule has 0 aliphatic rings. The average molecular weight is 384 g/mol. The number of nitrogens with one attached hydrogen (secondary N) is 1. The molecule has 0 saturated carbocycles. The third-order valence-electron chi connectivity index (χ3n) is 3.45. The number of carbonyl (C=O) groups is 2. The molecule has 2 N–H and O–H groups in total. The van der Waals surface area contributed by atoms with Crippen molar-refractivity contribution in [3.8, 4) is 11.8 Å². The molecule has 0 aliphatic heterocycles. The van der Waals surface area contributed by atoms with Crippen molar-refractivity contribution >= 4 is 29.3 Å². The lowest BCUT2D eigenvalue weighted by Crippen LogP contribution is -2.17. The Kier molecular flexibility index (Phi) is 7.26. The smallest absolute Gasteiger partial charge is 0.335 e. The van der Waals surface area contributed by atoms with Crippen molar-refractivity contribution in [2.45, 2.75) is 25.7 Å². The first-order valence-corrected chi connectivity index (χ1v) is 9.45. The number of aromatic carboxylic acids is 1. The van der Waals surface area contributed by atoms with Gasteiger partial charge in [-0.1, -0.05) is 12.1 Å². The summed E-state index contributed by atoms with van der Waals surface area (Å²) in [4.78, 5) is 23.4. The number of hydrogen-bond donors (Lipinski definition) is 2. The van der Waals surface area contributed by atoms with Crippen molar-refractivity contribution in [3.63, 3.8) is 0 Å². The van der Waals surface area contributed by atoms with Crippen molar-refractivity contribution in [2.75, 3.05) is 11.1 Å². The fourth-order valence-corrected chi connectivity index (χ4v) is 3.03. The van der Waals surface area contributed by atoms with Crippen LogP contribution in [-0.4, -0.2) is 28.8 Å². The zero-order valence-corrected chi connectivity index (χ0v) is 15.9. The number of thioether (sulfide) groups is 1. The Morgan fingerprint density at radius 1 is 1.22 bits per heavy atom. The average Bonchev–Trinajstić information content (AvgIpc) is 2.63. The van der Waals surface area contributed by atoms with Crippen LogP contribution < -0.4 is 10.1 Å². The molecule has 6 nitrogen and oxygen atoms in total. The van der Waals surface area contributed by atoms with Crippen LogP contribution >= 0.6 is 11.8 Å². The molecule has 0 aromatic heterocycles. The van der Waals surface area contributed by atoms with Crippen LogP contribution in [0.5, 0.6) is 5.75 Å². The fraction of sp³-hybridized carbons (Fsp3) is 0.250. The molecular weight excluding hydrogens is 364 g/mol. The second-order valence-electron chi connectivity index (χ2n) is 6.03. The molecule has 2 aromatic rings. The maximum atomic E-state index is 12.2. The summed E-state index contributed by atoms with van der Waals surface area (Å²) in [6, 6.07) is 13.6. The van der Waals surface area contributed by atoms with Crippen molar-refractivity contribution in [2.24, 2.45) is 0 Å². The largest absolute Gasteiger partial charge is 0.489 e. The molecule has 0 saturated heterocycles. The minimum absolute atomic E-state index is 0.0756. The van der Waals surface area contributed by atoms with E-state index in [0.29, 0.717) is 22.8 Å². The standard InChI is InChI=1S/C20H20N2O4S/c1-13(2)26-18-8-7-16(20(24)25)9-17(18)22-19(23)12-27-11-15-5-3-14(10-21)4-6-15/h3-9,13H,11-12H2,1-2H3,(H,22,23)(H,24,25). The molecule has 0 heterocycles. The van der Waals surface area contributed by atoms with E-state index in [1.807, 2.05) is 26.0 Å². The first kappa shape index (κ1) is 20.3. The van der Waals surface area contributed by atoms with Gasteiger partial charge in [0.25, 0.3) is 0 Å². The molecule has 1 amide bonds. The van der Waals surface area contributed by atoms with Crippen LogP contribution in [0.1, 0.15) is 35.3 Å². The second-order valence-corrected chi connectivity index (χ2v) is 7.02. The zero-order chi connectivity index (χ0) is 19.8. The van der Waals surface area contributed by atoms with E-state index in [1.54, 1.807) is 18.2 Å². The highest BCUT2D eigenvalue weighted by Crippen LogP contribution is 2.27. The molecular formula is C20H20N2O4S. The predicted molar refractivity (Wildman–Crippen MR) is 105 cm³/mol. The van der Waals surface area contributed by atoms with E-state index < -0.39 is 5.97 Å². The van der Waals surface area contributed by atoms with Gasteiger partial charge in [0.05, 0.1) is 34.7 Å². The Balaban J connectivity index is 1.97. The van der Waals surface area contributed by atoms with Crippen LogP contribution in [0, 0.1) is 11.3 Å². The number of nitriles is 1. The minimum atomic E-state index is -1.07. The Labute approximate surface area is 162 Å². The van der Waals surface area contributed by atoms with Gasteiger partial charge in [0.15, 0.2) is 0 Å². The predicted octanol–water partition coefficient (Wildman–Crippen LogP) is 3.92. The molecule has 0 bridgehead atoms. The van der Waals surface area contributed by atoms with Crippen molar-refractivity contribution in [3.05, 3.63) is 59.2 Å². The van der Waals surface area contributed by atoms with Crippen LogP contribution in [0.25, 0.3) is 0 Å². The molecule has 2 rings (SSSR count). The number of benzene rings is 2. The summed E-state index contributed by atoms with van der Waals surface area (Å²) in [5, 5.41) is 20.7. The molecule has 27 heavy (non-hydrogen) atoms. The number of carboxylic acids is 1. The van der Waals surface area contributed by atoms with Gasteiger partial charge in [-0.15, -0.1) is 11.8 Å². The molecule has 140 valence electrons. The third kappa shape index (κ3) is 6.35. The highest BCUT2D eigenvalue weighted by molar-refractivity contribution is 7.99. The third-order valence-corrected chi connectivity index (χ3v) is 4.45. The van der Waals surface area contributed by atoms with E-state index in [9.17, 15) is 9.59 Å². The van der Waals surface area contributed by atoms with Crippen molar-refractivity contribution in [1.29, 1.82) is 5.26 Å². The monoisotopic (exact) mass is 384 g/mol. The van der Waals surface area contributed by atoms with Crippen LogP contribution in [0.2, 0.25) is 0 Å². The van der Waals surface area contributed by atoms with Gasteiger partial charge in [-0.05, 0) is 49.7 Å². The number of rotatable bonds is 8. The minimum Gasteiger partial charge on any atom is -0.489 e. The lowest BCUT2D eigenvalue weighted by molar-refractivity contribution is -0.113. The van der Waals surface area contributed by atoms with Crippen LogP contribution in [-0.2, 0) is 10.5 Å². The summed E-state index contributed by atoms with van der Waals surface area (Å²) < 4.78 is 5.64. The lowest BCUT2D eigenvalue weighted by Gasteiger charge is -2.15. The number of hydrogen-bond acceptors (Lipinski definition) is 5. The number of amides is 1. The van der Waals surface area contributed by atoms with E-state index in [4.69, 9.17) is 15.1 Å². The maximum Gasteiger partial charge on any atom is 0.335 e.